The van der Waals surface area contributed by atoms with Crippen molar-refractivity contribution in [2.45, 2.75) is 13.0 Å². The highest BCUT2D eigenvalue weighted by Gasteiger charge is 2.00. The van der Waals surface area contributed by atoms with Crippen molar-refractivity contribution in [3.8, 4) is 0 Å². The van der Waals surface area contributed by atoms with Crippen molar-refractivity contribution >= 4 is 11.0 Å². The lowest BCUT2D eigenvalue weighted by atomic mass is 10.1. The Morgan fingerprint density at radius 3 is 2.76 bits per heavy atom. The van der Waals surface area contributed by atoms with E-state index < -0.39 is 0 Å². The number of hydrogen-bond donors (Lipinski definition) is 0. The predicted octanol–water partition coefficient (Wildman–Crippen LogP) is 3.08. The van der Waals surface area contributed by atoms with Gasteiger partial charge in [0.05, 0.1) is 17.4 Å². The topological polar surface area (TPSA) is 17.8 Å². The summed E-state index contributed by atoms with van der Waals surface area (Å²) in [6.45, 7) is 0.963. The lowest BCUT2D eigenvalue weighted by molar-refractivity contribution is 0.716. The first-order valence-corrected chi connectivity index (χ1v) is 5.78. The van der Waals surface area contributed by atoms with E-state index >= 15 is 0 Å². The van der Waals surface area contributed by atoms with E-state index in [9.17, 15) is 0 Å². The van der Waals surface area contributed by atoms with Gasteiger partial charge in [-0.05, 0) is 30.2 Å². The number of rotatable bonds is 3. The molecule has 0 bridgehead atoms. The molecule has 2 aromatic carbocycles. The monoisotopic (exact) mass is 221 g/mol. The Kier molecular flexibility index (Phi) is 2.62. The molecule has 0 unspecified atom stereocenters. The third-order valence-corrected chi connectivity index (χ3v) is 2.96. The van der Waals surface area contributed by atoms with Crippen LogP contribution in [-0.2, 0) is 13.0 Å². The summed E-state index contributed by atoms with van der Waals surface area (Å²) in [7, 11) is 0. The lowest BCUT2D eigenvalue weighted by Crippen LogP contribution is -1.99. The zero-order valence-electron chi connectivity index (χ0n) is 9.50. The molecule has 0 aliphatic rings. The van der Waals surface area contributed by atoms with Crippen molar-refractivity contribution in [3.63, 3.8) is 0 Å². The number of para-hydroxylation sites is 2. The summed E-state index contributed by atoms with van der Waals surface area (Å²) in [5.74, 6) is 0. The number of aryl methyl sites for hydroxylation is 2. The van der Waals surface area contributed by atoms with Crippen molar-refractivity contribution in [2.75, 3.05) is 0 Å². The minimum Gasteiger partial charge on any atom is -0.330 e. The van der Waals surface area contributed by atoms with E-state index in [1.807, 2.05) is 30.6 Å². The van der Waals surface area contributed by atoms with Crippen LogP contribution in [0.5, 0.6) is 0 Å². The van der Waals surface area contributed by atoms with Gasteiger partial charge in [-0.15, -0.1) is 0 Å². The van der Waals surface area contributed by atoms with Crippen LogP contribution >= 0.6 is 0 Å². The van der Waals surface area contributed by atoms with Gasteiger partial charge in [-0.3, -0.25) is 0 Å². The predicted molar refractivity (Wildman–Crippen MR) is 68.7 cm³/mol. The van der Waals surface area contributed by atoms with Gasteiger partial charge in [-0.2, -0.15) is 0 Å². The molecule has 0 saturated heterocycles. The molecule has 0 aliphatic heterocycles. The largest absolute Gasteiger partial charge is 0.330 e. The van der Waals surface area contributed by atoms with Gasteiger partial charge >= 0.3 is 0 Å². The fourth-order valence-electron chi connectivity index (χ4n) is 2.03. The average molecular weight is 221 g/mol. The average Bonchev–Trinajstić information content (AvgIpc) is 2.81. The zero-order chi connectivity index (χ0) is 11.5. The second-order valence-electron chi connectivity index (χ2n) is 4.08. The molecule has 17 heavy (non-hydrogen) atoms. The van der Waals surface area contributed by atoms with Gasteiger partial charge in [-0.25, -0.2) is 4.98 Å². The Labute approximate surface area is 101 Å². The molecular weight excluding hydrogens is 208 g/mol. The van der Waals surface area contributed by atoms with Crippen LogP contribution in [0, 0.1) is 6.07 Å². The molecule has 0 spiro atoms. The summed E-state index contributed by atoms with van der Waals surface area (Å²) in [6, 6.07) is 19.4. The summed E-state index contributed by atoms with van der Waals surface area (Å²) >= 11 is 0. The van der Waals surface area contributed by atoms with Crippen LogP contribution in [0.2, 0.25) is 0 Å². The quantitative estimate of drug-likeness (QED) is 0.664. The highest BCUT2D eigenvalue weighted by Crippen LogP contribution is 2.12. The SMILES string of the molecule is [c]1ccc(CCn2cnc3ccccc32)cc1. The van der Waals surface area contributed by atoms with Gasteiger partial charge in [0, 0.05) is 6.54 Å². The second kappa shape index (κ2) is 4.42. The molecule has 0 saturated carbocycles. The molecule has 1 aromatic heterocycles. The van der Waals surface area contributed by atoms with E-state index in [4.69, 9.17) is 0 Å². The summed E-state index contributed by atoms with van der Waals surface area (Å²) in [5.41, 5.74) is 3.60. The Morgan fingerprint density at radius 1 is 1.06 bits per heavy atom. The summed E-state index contributed by atoms with van der Waals surface area (Å²) < 4.78 is 2.20. The number of hydrogen-bond acceptors (Lipinski definition) is 1. The molecule has 0 aliphatic carbocycles. The Morgan fingerprint density at radius 2 is 1.88 bits per heavy atom. The van der Waals surface area contributed by atoms with Gasteiger partial charge in [0.15, 0.2) is 0 Å². The van der Waals surface area contributed by atoms with E-state index in [0.29, 0.717) is 0 Å². The van der Waals surface area contributed by atoms with Gasteiger partial charge in [0.1, 0.15) is 0 Å². The zero-order valence-corrected chi connectivity index (χ0v) is 9.50. The summed E-state index contributed by atoms with van der Waals surface area (Å²) in [4.78, 5) is 4.39. The first-order chi connectivity index (χ1) is 8.43. The molecule has 3 aromatic rings. The van der Waals surface area contributed by atoms with Crippen LogP contribution in [-0.4, -0.2) is 9.55 Å². The molecule has 2 nitrogen and oxygen atoms in total. The van der Waals surface area contributed by atoms with Crippen molar-refractivity contribution in [3.05, 3.63) is 66.5 Å². The fraction of sp³-hybridized carbons (Fsp3) is 0.133. The minimum atomic E-state index is 0.963. The number of fused-ring (bicyclic) bond motifs is 1. The van der Waals surface area contributed by atoms with Crippen molar-refractivity contribution in [1.29, 1.82) is 0 Å². The van der Waals surface area contributed by atoms with Crippen LogP contribution in [0.25, 0.3) is 11.0 Å². The summed E-state index contributed by atoms with van der Waals surface area (Å²) in [6.07, 6.45) is 2.94. The first kappa shape index (κ1) is 10.1. The van der Waals surface area contributed by atoms with Crippen LogP contribution in [0.3, 0.4) is 0 Å². The van der Waals surface area contributed by atoms with Gasteiger partial charge < -0.3 is 4.57 Å². The van der Waals surface area contributed by atoms with Crippen molar-refractivity contribution in [2.24, 2.45) is 0 Å². The maximum Gasteiger partial charge on any atom is 0.0958 e. The van der Waals surface area contributed by atoms with Crippen LogP contribution in [0.15, 0.2) is 54.9 Å². The van der Waals surface area contributed by atoms with Crippen molar-refractivity contribution in [1.82, 2.24) is 9.55 Å². The van der Waals surface area contributed by atoms with E-state index in [0.717, 1.165) is 18.5 Å². The van der Waals surface area contributed by atoms with E-state index in [-0.39, 0.29) is 0 Å². The number of benzene rings is 2. The molecule has 0 fully saturated rings. The molecular formula is C15H13N2. The standard InChI is InChI=1S/C15H13N2/c1-2-6-13(7-3-1)10-11-17-12-16-14-8-4-5-9-15(14)17/h2-9,12H,10-11H2. The fourth-order valence-corrected chi connectivity index (χ4v) is 2.03. The van der Waals surface area contributed by atoms with Crippen LogP contribution < -0.4 is 0 Å². The Hall–Kier alpha value is -2.09. The Bertz CT molecular complexity index is 611. The molecule has 1 heterocycles. The van der Waals surface area contributed by atoms with Gasteiger partial charge in [-0.1, -0.05) is 36.4 Å². The Balaban J connectivity index is 1.82. The maximum absolute atomic E-state index is 4.39. The van der Waals surface area contributed by atoms with E-state index in [1.165, 1.54) is 11.1 Å². The minimum absolute atomic E-state index is 0.963. The maximum atomic E-state index is 4.39. The third kappa shape index (κ3) is 2.07. The smallest absolute Gasteiger partial charge is 0.0958 e. The third-order valence-electron chi connectivity index (χ3n) is 2.96. The number of aromatic nitrogens is 2. The van der Waals surface area contributed by atoms with Gasteiger partial charge in [0.2, 0.25) is 0 Å². The normalized spacial score (nSPS) is 10.8. The highest BCUT2D eigenvalue weighted by molar-refractivity contribution is 5.74. The van der Waals surface area contributed by atoms with Crippen LogP contribution in [0.4, 0.5) is 0 Å². The van der Waals surface area contributed by atoms with Gasteiger partial charge in [0.25, 0.3) is 0 Å². The lowest BCUT2D eigenvalue weighted by Gasteiger charge is -2.04. The van der Waals surface area contributed by atoms with E-state index in [1.54, 1.807) is 0 Å². The molecule has 0 N–H and O–H groups in total. The second-order valence-corrected chi connectivity index (χ2v) is 4.08. The van der Waals surface area contributed by atoms with Crippen LogP contribution in [0.1, 0.15) is 5.56 Å². The molecule has 2 heteroatoms. The molecule has 83 valence electrons. The molecule has 3 rings (SSSR count). The van der Waals surface area contributed by atoms with Crippen molar-refractivity contribution < 1.29 is 0 Å². The number of nitrogens with zero attached hydrogens (tertiary/aromatic N) is 2. The van der Waals surface area contributed by atoms with E-state index in [2.05, 4.69) is 39.9 Å². The molecule has 0 atom stereocenters. The first-order valence-electron chi connectivity index (χ1n) is 5.78. The molecule has 0 amide bonds. The highest BCUT2D eigenvalue weighted by atomic mass is 15.0. The summed E-state index contributed by atoms with van der Waals surface area (Å²) in [5, 5.41) is 0. The molecule has 1 radical (unpaired) electrons. The number of imidazole rings is 1.